The van der Waals surface area contributed by atoms with Crippen LogP contribution < -0.4 is 0 Å². The topological polar surface area (TPSA) is 49.7 Å². The van der Waals surface area contributed by atoms with Crippen LogP contribution in [0.4, 0.5) is 0 Å². The fourth-order valence-corrected chi connectivity index (χ4v) is 0.724. The van der Waals surface area contributed by atoms with Crippen molar-refractivity contribution in [1.82, 2.24) is 0 Å². The standard InChI is InChI=1S/C3H5Cl2O3P/c1-2-3-8-9(4,5,6)7/h1,6-7H,3H2. The SMILES string of the molecule is C#CCOP(O)(O)(Cl)Cl. The van der Waals surface area contributed by atoms with Crippen LogP contribution in [0.15, 0.2) is 0 Å². The molecular weight excluding hydrogens is 186 g/mol. The summed E-state index contributed by atoms with van der Waals surface area (Å²) in [6, 6.07) is 0. The zero-order chi connectivity index (χ0) is 7.57. The van der Waals surface area contributed by atoms with E-state index in [1.54, 1.807) is 0 Å². The Kier molecular flexibility index (Phi) is 2.72. The van der Waals surface area contributed by atoms with Crippen molar-refractivity contribution in [2.45, 2.75) is 0 Å². The van der Waals surface area contributed by atoms with Crippen LogP contribution in [-0.2, 0) is 4.52 Å². The van der Waals surface area contributed by atoms with E-state index in [9.17, 15) is 0 Å². The predicted octanol–water partition coefficient (Wildman–Crippen LogP) is 1.23. The molecule has 9 heavy (non-hydrogen) atoms. The van der Waals surface area contributed by atoms with Crippen LogP contribution in [0.3, 0.4) is 0 Å². The summed E-state index contributed by atoms with van der Waals surface area (Å²) in [5.74, 6) is -2.85. The van der Waals surface area contributed by atoms with E-state index >= 15 is 0 Å². The molecule has 0 bridgehead atoms. The molecule has 3 nitrogen and oxygen atoms in total. The zero-order valence-corrected chi connectivity index (χ0v) is 6.70. The van der Waals surface area contributed by atoms with E-state index in [4.69, 9.17) is 38.7 Å². The summed E-state index contributed by atoms with van der Waals surface area (Å²) in [5, 5.41) is 0. The van der Waals surface area contributed by atoms with Gasteiger partial charge in [0.15, 0.2) is 0 Å². The fraction of sp³-hybridized carbons (Fsp3) is 0.333. The van der Waals surface area contributed by atoms with Crippen molar-refractivity contribution in [1.29, 1.82) is 0 Å². The number of rotatable bonds is 2. The first kappa shape index (κ1) is 9.45. The molecule has 0 aliphatic carbocycles. The molecule has 0 aliphatic heterocycles. The predicted molar refractivity (Wildman–Crippen MR) is 37.8 cm³/mol. The molecule has 0 aromatic heterocycles. The molecule has 0 aliphatic rings. The molecular formula is C3H5Cl2O3P. The molecule has 0 aromatic rings. The summed E-state index contributed by atoms with van der Waals surface area (Å²) in [4.78, 5) is 17.0. The Morgan fingerprint density at radius 3 is 2.11 bits per heavy atom. The molecule has 0 radical (unpaired) electrons. The molecule has 0 saturated heterocycles. The Hall–Kier alpha value is 0.450. The first-order valence-corrected chi connectivity index (χ1v) is 5.72. The normalized spacial score (nSPS) is 15.7. The Balaban J connectivity index is 3.78. The van der Waals surface area contributed by atoms with Crippen molar-refractivity contribution >= 4 is 28.5 Å². The summed E-state index contributed by atoms with van der Waals surface area (Å²) in [6.45, 7) is -0.322. The van der Waals surface area contributed by atoms with E-state index in [0.29, 0.717) is 0 Å². The maximum atomic E-state index is 8.51. The van der Waals surface area contributed by atoms with E-state index in [0.717, 1.165) is 0 Å². The second kappa shape index (κ2) is 2.59. The van der Waals surface area contributed by atoms with Gasteiger partial charge in [-0.2, -0.15) is 0 Å². The van der Waals surface area contributed by atoms with Gasteiger partial charge in [-0.3, -0.25) is 0 Å². The third kappa shape index (κ3) is 8.45. The number of terminal acetylenes is 1. The Bertz CT molecular complexity index is 134. The average molecular weight is 191 g/mol. The number of halogens is 2. The summed E-state index contributed by atoms with van der Waals surface area (Å²) in [6.07, 6.45) is 4.70. The van der Waals surface area contributed by atoms with Gasteiger partial charge in [-0.15, -0.1) is 0 Å². The third-order valence-electron chi connectivity index (χ3n) is 0.361. The van der Waals surface area contributed by atoms with Crippen LogP contribution in [0, 0.1) is 12.3 Å². The Labute approximate surface area is 62.3 Å². The molecule has 0 atom stereocenters. The molecule has 0 unspecified atom stereocenters. The van der Waals surface area contributed by atoms with Crippen LogP contribution >= 0.6 is 28.5 Å². The summed E-state index contributed by atoms with van der Waals surface area (Å²) in [5.41, 5.74) is 0. The molecule has 0 rings (SSSR count). The second-order valence-corrected chi connectivity index (χ2v) is 7.18. The van der Waals surface area contributed by atoms with Crippen LogP contribution in [-0.4, -0.2) is 16.4 Å². The van der Waals surface area contributed by atoms with Gasteiger partial charge in [0.2, 0.25) is 0 Å². The first-order valence-electron chi connectivity index (χ1n) is 1.85. The molecule has 0 heterocycles. The van der Waals surface area contributed by atoms with Crippen LogP contribution in [0.1, 0.15) is 0 Å². The molecule has 6 heteroatoms. The summed E-state index contributed by atoms with van der Waals surface area (Å²) >= 11 is 9.71. The van der Waals surface area contributed by atoms with Crippen LogP contribution in [0.2, 0.25) is 0 Å². The molecule has 0 saturated carbocycles. The van der Waals surface area contributed by atoms with Gasteiger partial charge in [0.25, 0.3) is 0 Å². The van der Waals surface area contributed by atoms with E-state index < -0.39 is 5.99 Å². The molecule has 0 spiro atoms. The van der Waals surface area contributed by atoms with Gasteiger partial charge in [-0.1, -0.05) is 0 Å². The number of hydrogen-bond donors (Lipinski definition) is 2. The van der Waals surface area contributed by atoms with Gasteiger partial charge < -0.3 is 0 Å². The third-order valence-corrected chi connectivity index (χ3v) is 1.50. The van der Waals surface area contributed by atoms with Gasteiger partial charge in [0, 0.05) is 0 Å². The molecule has 0 fully saturated rings. The average Bonchev–Trinajstić information content (AvgIpc) is 1.57. The monoisotopic (exact) mass is 190 g/mol. The van der Waals surface area contributed by atoms with E-state index in [1.165, 1.54) is 0 Å². The Morgan fingerprint density at radius 1 is 1.56 bits per heavy atom. The molecule has 54 valence electrons. The van der Waals surface area contributed by atoms with Gasteiger partial charge in [0.1, 0.15) is 0 Å². The maximum absolute atomic E-state index is 8.51. The van der Waals surface area contributed by atoms with Crippen molar-refractivity contribution in [3.63, 3.8) is 0 Å². The van der Waals surface area contributed by atoms with Crippen molar-refractivity contribution in [3.05, 3.63) is 0 Å². The van der Waals surface area contributed by atoms with Crippen molar-refractivity contribution in [2.24, 2.45) is 0 Å². The van der Waals surface area contributed by atoms with E-state index in [2.05, 4.69) is 4.52 Å². The van der Waals surface area contributed by atoms with Crippen LogP contribution in [0.5, 0.6) is 0 Å². The molecule has 2 N–H and O–H groups in total. The van der Waals surface area contributed by atoms with Gasteiger partial charge >= 0.3 is 61.7 Å². The van der Waals surface area contributed by atoms with Crippen molar-refractivity contribution < 1.29 is 14.3 Å². The summed E-state index contributed by atoms with van der Waals surface area (Å²) < 4.78 is 4.10. The quantitative estimate of drug-likeness (QED) is 0.509. The molecule has 0 amide bonds. The second-order valence-electron chi connectivity index (χ2n) is 1.23. The van der Waals surface area contributed by atoms with Gasteiger partial charge in [0.05, 0.1) is 0 Å². The van der Waals surface area contributed by atoms with Crippen LogP contribution in [0.25, 0.3) is 0 Å². The minimum absolute atomic E-state index is 0.322. The molecule has 0 aromatic carbocycles. The fourth-order valence-electron chi connectivity index (χ4n) is 0.144. The van der Waals surface area contributed by atoms with Gasteiger partial charge in [-0.25, -0.2) is 0 Å². The Morgan fingerprint density at radius 2 is 2.00 bits per heavy atom. The first-order chi connectivity index (χ1) is 3.81. The van der Waals surface area contributed by atoms with E-state index in [-0.39, 0.29) is 6.61 Å². The summed E-state index contributed by atoms with van der Waals surface area (Å²) in [7, 11) is 0. The van der Waals surface area contributed by atoms with E-state index in [1.807, 2.05) is 5.92 Å². The minimum atomic E-state index is -4.83. The zero-order valence-electron chi connectivity index (χ0n) is 4.29. The van der Waals surface area contributed by atoms with Crippen molar-refractivity contribution in [2.75, 3.05) is 6.61 Å². The van der Waals surface area contributed by atoms with Gasteiger partial charge in [-0.05, 0) is 0 Å². The van der Waals surface area contributed by atoms with Crippen molar-refractivity contribution in [3.8, 4) is 12.3 Å². The number of hydrogen-bond acceptors (Lipinski definition) is 3.